The topological polar surface area (TPSA) is 54.8 Å². The first-order valence-electron chi connectivity index (χ1n) is 8.87. The van der Waals surface area contributed by atoms with E-state index in [-0.39, 0.29) is 24.5 Å². The molecule has 0 fully saturated rings. The molecule has 0 aliphatic carbocycles. The Kier molecular flexibility index (Phi) is 5.30. The van der Waals surface area contributed by atoms with E-state index in [0.717, 1.165) is 17.8 Å². The number of hydrogen-bond acceptors (Lipinski definition) is 3. The van der Waals surface area contributed by atoms with Crippen LogP contribution in [0, 0.1) is 0 Å². The molecule has 1 aromatic heterocycles. The highest BCUT2D eigenvalue weighted by Gasteiger charge is 2.33. The highest BCUT2D eigenvalue weighted by molar-refractivity contribution is 5.83. The van der Waals surface area contributed by atoms with E-state index in [9.17, 15) is 9.59 Å². The summed E-state index contributed by atoms with van der Waals surface area (Å²) in [6.45, 7) is 5.11. The Labute approximate surface area is 154 Å². The number of carbonyl (C=O) groups is 2. The SMILES string of the molecule is COC(=O)N(CC(=O)N1CCn2cccc2C1c1ccccc1)C(C)C. The molecule has 1 atom stereocenters. The normalized spacial score (nSPS) is 16.3. The second-order valence-electron chi connectivity index (χ2n) is 6.72. The van der Waals surface area contributed by atoms with E-state index in [1.807, 2.05) is 61.3 Å². The molecule has 0 saturated carbocycles. The zero-order valence-corrected chi connectivity index (χ0v) is 15.5. The van der Waals surface area contributed by atoms with Crippen LogP contribution in [0.15, 0.2) is 48.7 Å². The lowest BCUT2D eigenvalue weighted by molar-refractivity contribution is -0.135. The molecule has 2 amide bonds. The number of hydrogen-bond donors (Lipinski definition) is 0. The Hall–Kier alpha value is -2.76. The van der Waals surface area contributed by atoms with Gasteiger partial charge in [-0.25, -0.2) is 4.79 Å². The maximum absolute atomic E-state index is 13.1. The van der Waals surface area contributed by atoms with Crippen molar-refractivity contribution < 1.29 is 14.3 Å². The van der Waals surface area contributed by atoms with Gasteiger partial charge in [0, 0.05) is 31.0 Å². The minimum absolute atomic E-state index is 0.00832. The molecular formula is C20H25N3O3. The van der Waals surface area contributed by atoms with Gasteiger partial charge >= 0.3 is 6.09 Å². The Bertz CT molecular complexity index is 770. The van der Waals surface area contributed by atoms with Crippen LogP contribution in [-0.4, -0.2) is 52.6 Å². The van der Waals surface area contributed by atoms with Crippen molar-refractivity contribution in [1.82, 2.24) is 14.4 Å². The smallest absolute Gasteiger partial charge is 0.410 e. The van der Waals surface area contributed by atoms with E-state index in [2.05, 4.69) is 10.6 Å². The summed E-state index contributed by atoms with van der Waals surface area (Å²) in [5.41, 5.74) is 2.15. The molecule has 6 heteroatoms. The average Bonchev–Trinajstić information content (AvgIpc) is 3.13. The summed E-state index contributed by atoms with van der Waals surface area (Å²) >= 11 is 0. The van der Waals surface area contributed by atoms with Gasteiger partial charge in [-0.1, -0.05) is 30.3 Å². The van der Waals surface area contributed by atoms with Gasteiger partial charge in [0.1, 0.15) is 6.54 Å². The van der Waals surface area contributed by atoms with Crippen LogP contribution in [0.1, 0.15) is 31.1 Å². The van der Waals surface area contributed by atoms with Crippen LogP contribution in [0.5, 0.6) is 0 Å². The highest BCUT2D eigenvalue weighted by Crippen LogP contribution is 2.32. The summed E-state index contributed by atoms with van der Waals surface area (Å²) < 4.78 is 7.01. The molecule has 138 valence electrons. The van der Waals surface area contributed by atoms with E-state index in [1.54, 1.807) is 0 Å². The van der Waals surface area contributed by atoms with Crippen LogP contribution in [0.3, 0.4) is 0 Å². The van der Waals surface area contributed by atoms with Gasteiger partial charge in [-0.3, -0.25) is 9.69 Å². The van der Waals surface area contributed by atoms with E-state index in [1.165, 1.54) is 12.0 Å². The number of fused-ring (bicyclic) bond motifs is 1. The molecule has 2 heterocycles. The molecule has 0 saturated heterocycles. The second kappa shape index (κ2) is 7.64. The summed E-state index contributed by atoms with van der Waals surface area (Å²) in [4.78, 5) is 28.4. The molecule has 0 spiro atoms. The van der Waals surface area contributed by atoms with Gasteiger partial charge in [0.2, 0.25) is 5.91 Å². The van der Waals surface area contributed by atoms with E-state index < -0.39 is 6.09 Å². The molecule has 6 nitrogen and oxygen atoms in total. The maximum Gasteiger partial charge on any atom is 0.410 e. The van der Waals surface area contributed by atoms with Crippen LogP contribution in [-0.2, 0) is 16.1 Å². The fraction of sp³-hybridized carbons (Fsp3) is 0.400. The fourth-order valence-corrected chi connectivity index (χ4v) is 3.45. The Morgan fingerprint density at radius 3 is 2.54 bits per heavy atom. The van der Waals surface area contributed by atoms with Gasteiger partial charge in [-0.2, -0.15) is 0 Å². The van der Waals surface area contributed by atoms with E-state index in [4.69, 9.17) is 4.74 Å². The molecule has 1 aliphatic rings. The number of aromatic nitrogens is 1. The third-order valence-corrected chi connectivity index (χ3v) is 4.81. The molecule has 1 aliphatic heterocycles. The molecule has 2 aromatic rings. The van der Waals surface area contributed by atoms with Crippen LogP contribution in [0.25, 0.3) is 0 Å². The summed E-state index contributed by atoms with van der Waals surface area (Å²) in [5.74, 6) is -0.0783. The fourth-order valence-electron chi connectivity index (χ4n) is 3.45. The maximum atomic E-state index is 13.1. The summed E-state index contributed by atoms with van der Waals surface area (Å²) in [6.07, 6.45) is 1.56. The van der Waals surface area contributed by atoms with Crippen LogP contribution in [0.2, 0.25) is 0 Å². The molecular weight excluding hydrogens is 330 g/mol. The number of amides is 2. The summed E-state index contributed by atoms with van der Waals surface area (Å²) in [6, 6.07) is 13.8. The quantitative estimate of drug-likeness (QED) is 0.847. The minimum Gasteiger partial charge on any atom is -0.453 e. The number of methoxy groups -OCH3 is 1. The molecule has 1 aromatic carbocycles. The molecule has 1 unspecified atom stereocenters. The van der Waals surface area contributed by atoms with Crippen molar-refractivity contribution in [3.05, 3.63) is 59.9 Å². The second-order valence-corrected chi connectivity index (χ2v) is 6.72. The lowest BCUT2D eigenvalue weighted by Crippen LogP contribution is -2.49. The molecule has 3 rings (SSSR count). The van der Waals surface area contributed by atoms with E-state index in [0.29, 0.717) is 6.54 Å². The lowest BCUT2D eigenvalue weighted by atomic mass is 10.00. The largest absolute Gasteiger partial charge is 0.453 e. The zero-order chi connectivity index (χ0) is 18.7. The van der Waals surface area contributed by atoms with Gasteiger partial charge < -0.3 is 14.2 Å². The predicted molar refractivity (Wildman–Crippen MR) is 98.7 cm³/mol. The van der Waals surface area contributed by atoms with Gasteiger partial charge in [-0.15, -0.1) is 0 Å². The minimum atomic E-state index is -0.481. The Morgan fingerprint density at radius 1 is 1.15 bits per heavy atom. The van der Waals surface area contributed by atoms with Crippen molar-refractivity contribution in [2.45, 2.75) is 32.5 Å². The third kappa shape index (κ3) is 3.45. The van der Waals surface area contributed by atoms with Gasteiger partial charge in [-0.05, 0) is 31.5 Å². The van der Waals surface area contributed by atoms with Gasteiger partial charge in [0.15, 0.2) is 0 Å². The van der Waals surface area contributed by atoms with Crippen molar-refractivity contribution in [3.8, 4) is 0 Å². The first-order chi connectivity index (χ1) is 12.5. The first-order valence-corrected chi connectivity index (χ1v) is 8.87. The number of carbonyl (C=O) groups excluding carboxylic acids is 2. The zero-order valence-electron chi connectivity index (χ0n) is 15.5. The average molecular weight is 355 g/mol. The van der Waals surface area contributed by atoms with Crippen molar-refractivity contribution >= 4 is 12.0 Å². The summed E-state index contributed by atoms with van der Waals surface area (Å²) in [7, 11) is 1.34. The molecule has 0 bridgehead atoms. The number of ether oxygens (including phenoxy) is 1. The van der Waals surface area contributed by atoms with Crippen LogP contribution >= 0.6 is 0 Å². The highest BCUT2D eigenvalue weighted by atomic mass is 16.5. The van der Waals surface area contributed by atoms with Crippen molar-refractivity contribution in [2.75, 3.05) is 20.2 Å². The third-order valence-electron chi connectivity index (χ3n) is 4.81. The molecule has 0 N–H and O–H groups in total. The number of nitrogens with zero attached hydrogens (tertiary/aromatic N) is 3. The van der Waals surface area contributed by atoms with Crippen molar-refractivity contribution in [3.63, 3.8) is 0 Å². The molecule has 26 heavy (non-hydrogen) atoms. The Morgan fingerprint density at radius 2 is 1.88 bits per heavy atom. The monoisotopic (exact) mass is 355 g/mol. The molecule has 0 radical (unpaired) electrons. The lowest BCUT2D eigenvalue weighted by Gasteiger charge is -2.38. The summed E-state index contributed by atoms with van der Waals surface area (Å²) in [5, 5.41) is 0. The number of benzene rings is 1. The van der Waals surface area contributed by atoms with Crippen LogP contribution < -0.4 is 0 Å². The van der Waals surface area contributed by atoms with E-state index >= 15 is 0 Å². The van der Waals surface area contributed by atoms with Gasteiger partial charge in [0.25, 0.3) is 0 Å². The van der Waals surface area contributed by atoms with Crippen molar-refractivity contribution in [1.29, 1.82) is 0 Å². The number of rotatable bonds is 4. The van der Waals surface area contributed by atoms with Gasteiger partial charge in [0.05, 0.1) is 13.2 Å². The van der Waals surface area contributed by atoms with Crippen LogP contribution in [0.4, 0.5) is 4.79 Å². The van der Waals surface area contributed by atoms with Crippen molar-refractivity contribution in [2.24, 2.45) is 0 Å². The predicted octanol–water partition coefficient (Wildman–Crippen LogP) is 2.90. The Balaban J connectivity index is 1.90. The standard InChI is InChI=1S/C20H25N3O3/c1-15(2)23(20(25)26-3)14-18(24)22-13-12-21-11-7-10-17(21)19(22)16-8-5-4-6-9-16/h4-11,15,19H,12-14H2,1-3H3. The first kappa shape index (κ1) is 18.0.